The van der Waals surface area contributed by atoms with Crippen molar-refractivity contribution in [2.45, 2.75) is 11.7 Å². The molecule has 2 heterocycles. The molecule has 1 aromatic heterocycles. The Labute approximate surface area is 105 Å². The number of halogens is 2. The van der Waals surface area contributed by atoms with Crippen molar-refractivity contribution in [2.75, 3.05) is 11.4 Å². The Hall–Kier alpha value is -1.09. The van der Waals surface area contributed by atoms with Crippen molar-refractivity contribution in [3.8, 4) is 0 Å². The topological polar surface area (TPSA) is 80.2 Å². The summed E-state index contributed by atoms with van der Waals surface area (Å²) in [6.45, 7) is -0.256. The second-order valence-corrected chi connectivity index (χ2v) is 5.92. The molecular formula is C8H7BrFN3O3S. The van der Waals surface area contributed by atoms with Gasteiger partial charge in [-0.2, -0.15) is 8.42 Å². The van der Waals surface area contributed by atoms with Gasteiger partial charge in [-0.3, -0.25) is 9.69 Å². The fourth-order valence-corrected chi connectivity index (χ4v) is 2.46. The Bertz CT molecular complexity index is 565. The molecule has 0 saturated carbocycles. The fraction of sp³-hybridized carbons (Fsp3) is 0.375. The summed E-state index contributed by atoms with van der Waals surface area (Å²) in [5.74, 6) is -0.440. The molecule has 1 fully saturated rings. The van der Waals surface area contributed by atoms with Crippen LogP contribution in [0.1, 0.15) is 6.42 Å². The third kappa shape index (κ3) is 2.60. The maximum atomic E-state index is 12.8. The molecule has 1 aliphatic heterocycles. The quantitative estimate of drug-likeness (QED) is 0.589. The highest BCUT2D eigenvalue weighted by atomic mass is 79.9. The first kappa shape index (κ1) is 12.4. The molecule has 17 heavy (non-hydrogen) atoms. The molecule has 0 aromatic carbocycles. The van der Waals surface area contributed by atoms with Crippen LogP contribution in [0.5, 0.6) is 0 Å². The summed E-state index contributed by atoms with van der Waals surface area (Å²) in [5.41, 5.74) is 0. The van der Waals surface area contributed by atoms with Crippen molar-refractivity contribution in [3.05, 3.63) is 16.9 Å². The van der Waals surface area contributed by atoms with Gasteiger partial charge in [0.2, 0.25) is 11.9 Å². The van der Waals surface area contributed by atoms with Crippen LogP contribution < -0.4 is 4.90 Å². The van der Waals surface area contributed by atoms with Gasteiger partial charge in [0.25, 0.3) is 0 Å². The first-order chi connectivity index (χ1) is 7.88. The van der Waals surface area contributed by atoms with E-state index in [2.05, 4.69) is 25.9 Å². The number of rotatable bonds is 2. The molecular weight excluding hydrogens is 317 g/mol. The van der Waals surface area contributed by atoms with E-state index >= 15 is 0 Å². The van der Waals surface area contributed by atoms with Crippen LogP contribution in [0.2, 0.25) is 0 Å². The highest BCUT2D eigenvalue weighted by Gasteiger charge is 2.40. The van der Waals surface area contributed by atoms with Gasteiger partial charge in [-0.05, 0) is 22.0 Å². The van der Waals surface area contributed by atoms with Crippen molar-refractivity contribution in [1.29, 1.82) is 0 Å². The van der Waals surface area contributed by atoms with Gasteiger partial charge in [-0.25, -0.2) is 9.97 Å². The second-order valence-electron chi connectivity index (χ2n) is 3.49. The summed E-state index contributed by atoms with van der Waals surface area (Å²) in [6, 6.07) is 1.56. The van der Waals surface area contributed by atoms with E-state index in [4.69, 9.17) is 0 Å². The van der Waals surface area contributed by atoms with Crippen LogP contribution in [0, 0.1) is 0 Å². The van der Waals surface area contributed by atoms with Crippen LogP contribution in [0.15, 0.2) is 16.9 Å². The van der Waals surface area contributed by atoms with Gasteiger partial charge >= 0.3 is 10.2 Å². The minimum Gasteiger partial charge on any atom is -0.279 e. The summed E-state index contributed by atoms with van der Waals surface area (Å²) < 4.78 is 34.7. The predicted octanol–water partition coefficient (Wildman–Crippen LogP) is 0.644. The van der Waals surface area contributed by atoms with Crippen molar-refractivity contribution in [2.24, 2.45) is 0 Å². The molecule has 1 aliphatic rings. The molecule has 0 radical (unpaired) electrons. The lowest BCUT2D eigenvalue weighted by Crippen LogP contribution is -2.28. The van der Waals surface area contributed by atoms with Crippen LogP contribution in [0.4, 0.5) is 9.83 Å². The highest BCUT2D eigenvalue weighted by molar-refractivity contribution is 9.10. The Kier molecular flexibility index (Phi) is 3.13. The minimum absolute atomic E-state index is 0.0653. The minimum atomic E-state index is -4.72. The Balaban J connectivity index is 2.28. The third-order valence-electron chi connectivity index (χ3n) is 2.34. The van der Waals surface area contributed by atoms with Gasteiger partial charge in [-0.15, -0.1) is 3.89 Å². The SMILES string of the molecule is O=C1CC(S(=O)(=O)F)CN1c1nccc(Br)n1. The molecule has 1 atom stereocenters. The van der Waals surface area contributed by atoms with Crippen molar-refractivity contribution in [3.63, 3.8) is 0 Å². The number of carbonyl (C=O) groups is 1. The lowest BCUT2D eigenvalue weighted by Gasteiger charge is -2.13. The lowest BCUT2D eigenvalue weighted by atomic mass is 10.4. The first-order valence-electron chi connectivity index (χ1n) is 4.60. The molecule has 9 heteroatoms. The van der Waals surface area contributed by atoms with Crippen LogP contribution in [-0.2, 0) is 15.0 Å². The largest absolute Gasteiger partial charge is 0.307 e. The van der Waals surface area contributed by atoms with Crippen molar-refractivity contribution >= 4 is 38.0 Å². The molecule has 1 saturated heterocycles. The summed E-state index contributed by atoms with van der Waals surface area (Å²) in [7, 11) is -4.72. The number of carbonyl (C=O) groups excluding carboxylic acids is 1. The molecule has 0 bridgehead atoms. The van der Waals surface area contributed by atoms with E-state index < -0.39 is 21.4 Å². The van der Waals surface area contributed by atoms with Crippen LogP contribution in [0.3, 0.4) is 0 Å². The van der Waals surface area contributed by atoms with Gasteiger partial charge in [0.15, 0.2) is 0 Å². The lowest BCUT2D eigenvalue weighted by molar-refractivity contribution is -0.117. The molecule has 92 valence electrons. The fourth-order valence-electron chi connectivity index (χ4n) is 1.51. The van der Waals surface area contributed by atoms with Crippen LogP contribution >= 0.6 is 15.9 Å². The predicted molar refractivity (Wildman–Crippen MR) is 60.5 cm³/mol. The summed E-state index contributed by atoms with van der Waals surface area (Å²) in [4.78, 5) is 20.4. The van der Waals surface area contributed by atoms with E-state index in [9.17, 15) is 17.1 Å². The monoisotopic (exact) mass is 323 g/mol. The van der Waals surface area contributed by atoms with E-state index in [-0.39, 0.29) is 18.9 Å². The van der Waals surface area contributed by atoms with Crippen molar-refractivity contribution in [1.82, 2.24) is 9.97 Å². The van der Waals surface area contributed by atoms with Gasteiger partial charge in [0, 0.05) is 19.2 Å². The van der Waals surface area contributed by atoms with Crippen LogP contribution in [0.25, 0.3) is 0 Å². The average Bonchev–Trinajstić information content (AvgIpc) is 2.60. The first-order valence-corrected chi connectivity index (χ1v) is 6.84. The smallest absolute Gasteiger partial charge is 0.279 e. The Morgan fingerprint density at radius 1 is 1.53 bits per heavy atom. The maximum Gasteiger partial charge on any atom is 0.307 e. The zero-order chi connectivity index (χ0) is 12.6. The number of nitrogens with zero attached hydrogens (tertiary/aromatic N) is 3. The van der Waals surface area contributed by atoms with Gasteiger partial charge in [0.05, 0.1) is 0 Å². The van der Waals surface area contributed by atoms with Crippen molar-refractivity contribution < 1.29 is 17.1 Å². The molecule has 2 rings (SSSR count). The van der Waals surface area contributed by atoms with Gasteiger partial charge < -0.3 is 0 Å². The molecule has 1 unspecified atom stereocenters. The normalized spacial score (nSPS) is 20.9. The Morgan fingerprint density at radius 2 is 2.24 bits per heavy atom. The standard InChI is InChI=1S/C8H7BrFN3O3S/c9-6-1-2-11-8(12-6)13-4-5(3-7(13)14)17(10,15)16/h1-2,5H,3-4H2. The second kappa shape index (κ2) is 4.30. The summed E-state index contributed by atoms with van der Waals surface area (Å²) >= 11 is 3.10. The number of hydrogen-bond donors (Lipinski definition) is 0. The van der Waals surface area contributed by atoms with E-state index in [0.717, 1.165) is 4.90 Å². The van der Waals surface area contributed by atoms with E-state index in [0.29, 0.717) is 4.60 Å². The Morgan fingerprint density at radius 3 is 2.76 bits per heavy atom. The van der Waals surface area contributed by atoms with E-state index in [1.54, 1.807) is 6.07 Å². The number of hydrogen-bond acceptors (Lipinski definition) is 5. The van der Waals surface area contributed by atoms with Gasteiger partial charge in [-0.1, -0.05) is 0 Å². The van der Waals surface area contributed by atoms with E-state index in [1.807, 2.05) is 0 Å². The highest BCUT2D eigenvalue weighted by Crippen LogP contribution is 2.23. The zero-order valence-corrected chi connectivity index (χ0v) is 10.8. The molecule has 0 N–H and O–H groups in total. The van der Waals surface area contributed by atoms with E-state index in [1.165, 1.54) is 6.20 Å². The third-order valence-corrected chi connectivity index (χ3v) is 3.89. The maximum absolute atomic E-state index is 12.8. The van der Waals surface area contributed by atoms with Gasteiger partial charge in [0.1, 0.15) is 9.85 Å². The zero-order valence-electron chi connectivity index (χ0n) is 8.38. The molecule has 0 spiro atoms. The molecule has 0 aliphatic carbocycles. The number of amides is 1. The van der Waals surface area contributed by atoms with Crippen LogP contribution in [-0.4, -0.2) is 36.1 Å². The number of anilines is 1. The summed E-state index contributed by atoms with van der Waals surface area (Å²) in [6.07, 6.45) is 1.03. The summed E-state index contributed by atoms with van der Waals surface area (Å²) in [5, 5.41) is -1.34. The average molecular weight is 324 g/mol. The molecule has 6 nitrogen and oxygen atoms in total. The molecule has 1 aromatic rings. The molecule has 1 amide bonds. The number of aromatic nitrogens is 2.